The van der Waals surface area contributed by atoms with Gasteiger partial charge in [0.15, 0.2) is 0 Å². The first-order chi connectivity index (χ1) is 10.9. The molecule has 3 rings (SSSR count). The summed E-state index contributed by atoms with van der Waals surface area (Å²) in [6, 6.07) is 9.07. The molecule has 0 bridgehead atoms. The van der Waals surface area contributed by atoms with Crippen LogP contribution in [-0.2, 0) is 21.2 Å². The van der Waals surface area contributed by atoms with Crippen molar-refractivity contribution >= 4 is 21.3 Å². The van der Waals surface area contributed by atoms with E-state index in [-0.39, 0.29) is 22.6 Å². The molecule has 0 unspecified atom stereocenters. The lowest BCUT2D eigenvalue weighted by molar-refractivity contribution is -0.115. The second kappa shape index (κ2) is 5.58. The Morgan fingerprint density at radius 3 is 2.39 bits per heavy atom. The highest BCUT2D eigenvalue weighted by Crippen LogP contribution is 2.33. The highest BCUT2D eigenvalue weighted by Gasteiger charge is 2.29. The van der Waals surface area contributed by atoms with Crippen molar-refractivity contribution in [1.82, 2.24) is 5.32 Å². The molecule has 1 aliphatic rings. The SMILES string of the molecule is O=C(NCc1cc(F)cc(F)c1)C1=CS(=O)(=O)c2ccccc21. The third-order valence-corrected chi connectivity index (χ3v) is 4.89. The maximum atomic E-state index is 13.1. The largest absolute Gasteiger partial charge is 0.348 e. The van der Waals surface area contributed by atoms with Gasteiger partial charge >= 0.3 is 0 Å². The number of halogens is 2. The van der Waals surface area contributed by atoms with E-state index in [2.05, 4.69) is 5.32 Å². The van der Waals surface area contributed by atoms with Crippen LogP contribution in [0.4, 0.5) is 8.78 Å². The summed E-state index contributed by atoms with van der Waals surface area (Å²) in [5, 5.41) is 3.37. The van der Waals surface area contributed by atoms with Crippen molar-refractivity contribution in [3.63, 3.8) is 0 Å². The normalized spacial score (nSPS) is 15.0. The summed E-state index contributed by atoms with van der Waals surface area (Å²) in [7, 11) is -3.64. The standard InChI is InChI=1S/C16H11F2NO3S/c17-11-5-10(6-12(18)7-11)8-19-16(20)14-9-23(21,22)15-4-2-1-3-13(14)15/h1-7,9H,8H2,(H,19,20). The number of amides is 1. The van der Waals surface area contributed by atoms with E-state index in [9.17, 15) is 22.0 Å². The Kier molecular flexibility index (Phi) is 3.73. The predicted octanol–water partition coefficient (Wildman–Crippen LogP) is 2.41. The summed E-state index contributed by atoms with van der Waals surface area (Å²) >= 11 is 0. The van der Waals surface area contributed by atoms with E-state index < -0.39 is 27.4 Å². The molecule has 1 N–H and O–H groups in total. The third kappa shape index (κ3) is 3.00. The molecular weight excluding hydrogens is 324 g/mol. The molecule has 0 fully saturated rings. The number of carbonyl (C=O) groups excluding carboxylic acids is 1. The summed E-state index contributed by atoms with van der Waals surface area (Å²) in [5.74, 6) is -2.12. The van der Waals surface area contributed by atoms with E-state index in [1.54, 1.807) is 12.1 Å². The van der Waals surface area contributed by atoms with Crippen LogP contribution in [0.3, 0.4) is 0 Å². The van der Waals surface area contributed by atoms with Gasteiger partial charge in [-0.05, 0) is 23.8 Å². The quantitative estimate of drug-likeness (QED) is 0.937. The first-order valence-electron chi connectivity index (χ1n) is 6.66. The molecule has 0 spiro atoms. The summed E-state index contributed by atoms with van der Waals surface area (Å²) in [6.45, 7) is -0.118. The Morgan fingerprint density at radius 1 is 1.04 bits per heavy atom. The lowest BCUT2D eigenvalue weighted by Crippen LogP contribution is -2.23. The number of hydrogen-bond acceptors (Lipinski definition) is 3. The molecule has 2 aromatic carbocycles. The van der Waals surface area contributed by atoms with Crippen molar-refractivity contribution < 1.29 is 22.0 Å². The molecule has 118 valence electrons. The van der Waals surface area contributed by atoms with Gasteiger partial charge in [-0.15, -0.1) is 0 Å². The van der Waals surface area contributed by atoms with Gasteiger partial charge in [0.25, 0.3) is 5.91 Å². The predicted molar refractivity (Wildman–Crippen MR) is 79.8 cm³/mol. The molecule has 23 heavy (non-hydrogen) atoms. The van der Waals surface area contributed by atoms with Gasteiger partial charge in [0, 0.05) is 23.6 Å². The fourth-order valence-corrected chi connectivity index (χ4v) is 3.81. The topological polar surface area (TPSA) is 63.2 Å². The fourth-order valence-electron chi connectivity index (χ4n) is 2.39. The van der Waals surface area contributed by atoms with Gasteiger partial charge in [-0.25, -0.2) is 17.2 Å². The zero-order valence-electron chi connectivity index (χ0n) is 11.7. The lowest BCUT2D eigenvalue weighted by Gasteiger charge is -2.07. The van der Waals surface area contributed by atoms with E-state index in [1.807, 2.05) is 0 Å². The average Bonchev–Trinajstić information content (AvgIpc) is 2.76. The zero-order chi connectivity index (χ0) is 16.6. The average molecular weight is 335 g/mol. The van der Waals surface area contributed by atoms with Crippen molar-refractivity contribution in [2.75, 3.05) is 0 Å². The van der Waals surface area contributed by atoms with Crippen LogP contribution in [0.25, 0.3) is 5.57 Å². The summed E-state index contributed by atoms with van der Waals surface area (Å²) in [6.07, 6.45) is 0. The Morgan fingerprint density at radius 2 is 1.70 bits per heavy atom. The minimum absolute atomic E-state index is 0.0116. The molecule has 0 radical (unpaired) electrons. The van der Waals surface area contributed by atoms with Crippen molar-refractivity contribution in [2.45, 2.75) is 11.4 Å². The lowest BCUT2D eigenvalue weighted by atomic mass is 10.1. The number of nitrogens with one attached hydrogen (secondary N) is 1. The fraction of sp³-hybridized carbons (Fsp3) is 0.0625. The van der Waals surface area contributed by atoms with E-state index in [0.717, 1.165) is 23.6 Å². The number of benzene rings is 2. The number of sulfone groups is 1. The summed E-state index contributed by atoms with van der Waals surface area (Å²) in [4.78, 5) is 12.3. The first-order valence-corrected chi connectivity index (χ1v) is 8.21. The van der Waals surface area contributed by atoms with Crippen molar-refractivity contribution in [3.8, 4) is 0 Å². The van der Waals surface area contributed by atoms with Gasteiger partial charge in [-0.2, -0.15) is 0 Å². The Bertz CT molecular complexity index is 916. The van der Waals surface area contributed by atoms with Crippen LogP contribution in [-0.4, -0.2) is 14.3 Å². The van der Waals surface area contributed by atoms with Gasteiger partial charge in [-0.3, -0.25) is 4.79 Å². The van der Waals surface area contributed by atoms with Crippen LogP contribution < -0.4 is 5.32 Å². The van der Waals surface area contributed by atoms with Crippen LogP contribution in [0, 0.1) is 11.6 Å². The third-order valence-electron chi connectivity index (χ3n) is 3.38. The maximum Gasteiger partial charge on any atom is 0.252 e. The molecule has 1 amide bonds. The number of rotatable bonds is 3. The molecule has 1 heterocycles. The molecular formula is C16H11F2NO3S. The second-order valence-corrected chi connectivity index (χ2v) is 6.80. The summed E-state index contributed by atoms with van der Waals surface area (Å²) in [5.41, 5.74) is 0.568. The van der Waals surface area contributed by atoms with Gasteiger partial charge in [-0.1, -0.05) is 18.2 Å². The minimum atomic E-state index is -3.64. The number of carbonyl (C=O) groups is 1. The summed E-state index contributed by atoms with van der Waals surface area (Å²) < 4.78 is 50.2. The molecule has 0 saturated heterocycles. The van der Waals surface area contributed by atoms with E-state index >= 15 is 0 Å². The van der Waals surface area contributed by atoms with Crippen molar-refractivity contribution in [1.29, 1.82) is 0 Å². The van der Waals surface area contributed by atoms with E-state index in [0.29, 0.717) is 5.56 Å². The van der Waals surface area contributed by atoms with E-state index in [4.69, 9.17) is 0 Å². The molecule has 0 saturated carbocycles. The maximum absolute atomic E-state index is 13.1. The monoisotopic (exact) mass is 335 g/mol. The van der Waals surface area contributed by atoms with Gasteiger partial charge < -0.3 is 5.32 Å². The molecule has 7 heteroatoms. The Labute approximate surface area is 131 Å². The highest BCUT2D eigenvalue weighted by molar-refractivity contribution is 7.95. The Balaban J connectivity index is 1.82. The van der Waals surface area contributed by atoms with Crippen LogP contribution in [0.15, 0.2) is 52.8 Å². The van der Waals surface area contributed by atoms with Crippen molar-refractivity contribution in [2.24, 2.45) is 0 Å². The highest BCUT2D eigenvalue weighted by atomic mass is 32.2. The minimum Gasteiger partial charge on any atom is -0.348 e. The van der Waals surface area contributed by atoms with Gasteiger partial charge in [0.2, 0.25) is 9.84 Å². The molecule has 4 nitrogen and oxygen atoms in total. The van der Waals surface area contributed by atoms with Crippen LogP contribution in [0.2, 0.25) is 0 Å². The zero-order valence-corrected chi connectivity index (χ0v) is 12.5. The van der Waals surface area contributed by atoms with Crippen LogP contribution in [0.1, 0.15) is 11.1 Å². The molecule has 2 aromatic rings. The smallest absolute Gasteiger partial charge is 0.252 e. The molecule has 0 aromatic heterocycles. The first kappa shape index (κ1) is 15.4. The molecule has 0 aliphatic carbocycles. The van der Waals surface area contributed by atoms with Crippen LogP contribution >= 0.6 is 0 Å². The van der Waals surface area contributed by atoms with E-state index in [1.165, 1.54) is 12.1 Å². The van der Waals surface area contributed by atoms with Gasteiger partial charge in [0.05, 0.1) is 10.5 Å². The van der Waals surface area contributed by atoms with Gasteiger partial charge in [0.1, 0.15) is 11.6 Å². The second-order valence-electron chi connectivity index (χ2n) is 5.03. The number of hydrogen-bond donors (Lipinski definition) is 1. The van der Waals surface area contributed by atoms with Crippen molar-refractivity contribution in [3.05, 3.63) is 70.6 Å². The Hall–Kier alpha value is -2.54. The molecule has 1 aliphatic heterocycles. The van der Waals surface area contributed by atoms with Crippen LogP contribution in [0.5, 0.6) is 0 Å². The number of fused-ring (bicyclic) bond motifs is 1. The molecule has 0 atom stereocenters.